The van der Waals surface area contributed by atoms with Gasteiger partial charge in [0.25, 0.3) is 0 Å². The quantitative estimate of drug-likeness (QED) is 0.586. The molecule has 106 valence electrons. The van der Waals surface area contributed by atoms with Crippen LogP contribution in [-0.2, 0) is 6.42 Å². The molecule has 0 unspecified atom stereocenters. The van der Waals surface area contributed by atoms with Crippen molar-refractivity contribution in [1.82, 2.24) is 0 Å². The minimum absolute atomic E-state index is 1.20. The summed E-state index contributed by atoms with van der Waals surface area (Å²) in [6.07, 6.45) is 11.9. The fraction of sp³-hybridized carbons (Fsp3) is 0.300. The normalized spacial score (nSPS) is 18.1. The monoisotopic (exact) mass is 292 g/mol. The SMILES string of the molecule is CC1=CC=C(C2=Cc3sc4ccc(C)cc4c3CC2)CC1. The van der Waals surface area contributed by atoms with Crippen molar-refractivity contribution in [3.8, 4) is 0 Å². The van der Waals surface area contributed by atoms with E-state index in [2.05, 4.69) is 50.3 Å². The zero-order chi connectivity index (χ0) is 14.4. The Morgan fingerprint density at radius 3 is 2.57 bits per heavy atom. The van der Waals surface area contributed by atoms with E-state index in [4.69, 9.17) is 0 Å². The van der Waals surface area contributed by atoms with Gasteiger partial charge in [0.1, 0.15) is 0 Å². The molecule has 2 aliphatic rings. The minimum Gasteiger partial charge on any atom is -0.136 e. The number of rotatable bonds is 1. The van der Waals surface area contributed by atoms with Crippen molar-refractivity contribution in [3.05, 3.63) is 63.1 Å². The van der Waals surface area contributed by atoms with Crippen LogP contribution in [0.2, 0.25) is 0 Å². The number of aryl methyl sites for hydroxylation is 2. The molecular formula is C20H20S. The fourth-order valence-corrected chi connectivity index (χ4v) is 4.61. The maximum atomic E-state index is 2.46. The predicted molar refractivity (Wildman–Crippen MR) is 93.9 cm³/mol. The molecule has 2 aliphatic carbocycles. The third kappa shape index (κ3) is 2.30. The minimum atomic E-state index is 1.20. The molecule has 1 heteroatoms. The second-order valence-electron chi connectivity index (χ2n) is 6.32. The van der Waals surface area contributed by atoms with Crippen molar-refractivity contribution < 1.29 is 0 Å². The first-order chi connectivity index (χ1) is 10.2. The zero-order valence-electron chi connectivity index (χ0n) is 12.7. The lowest BCUT2D eigenvalue weighted by molar-refractivity contribution is 0.866. The first-order valence-electron chi connectivity index (χ1n) is 7.80. The molecule has 0 saturated carbocycles. The Bertz CT molecular complexity index is 812. The molecule has 1 heterocycles. The van der Waals surface area contributed by atoms with Crippen LogP contribution in [0.15, 0.2) is 47.1 Å². The summed E-state index contributed by atoms with van der Waals surface area (Å²) in [6, 6.07) is 6.87. The highest BCUT2D eigenvalue weighted by atomic mass is 32.1. The van der Waals surface area contributed by atoms with Crippen LogP contribution in [0.4, 0.5) is 0 Å². The molecule has 2 aromatic rings. The summed E-state index contributed by atoms with van der Waals surface area (Å²) < 4.78 is 1.44. The molecule has 0 spiro atoms. The molecule has 0 N–H and O–H groups in total. The first kappa shape index (κ1) is 13.1. The molecule has 0 bridgehead atoms. The fourth-order valence-electron chi connectivity index (χ4n) is 3.41. The van der Waals surface area contributed by atoms with Crippen LogP contribution < -0.4 is 0 Å². The Kier molecular flexibility index (Phi) is 3.11. The van der Waals surface area contributed by atoms with Gasteiger partial charge < -0.3 is 0 Å². The number of benzene rings is 1. The maximum Gasteiger partial charge on any atom is 0.0352 e. The Hall–Kier alpha value is -1.60. The summed E-state index contributed by atoms with van der Waals surface area (Å²) in [5.41, 5.74) is 7.57. The summed E-state index contributed by atoms with van der Waals surface area (Å²) in [6.45, 7) is 4.42. The largest absolute Gasteiger partial charge is 0.136 e. The van der Waals surface area contributed by atoms with Crippen molar-refractivity contribution in [2.45, 2.75) is 39.5 Å². The van der Waals surface area contributed by atoms with Gasteiger partial charge in [0, 0.05) is 9.58 Å². The highest BCUT2D eigenvalue weighted by Gasteiger charge is 2.18. The lowest BCUT2D eigenvalue weighted by atomic mass is 9.86. The van der Waals surface area contributed by atoms with Gasteiger partial charge in [-0.25, -0.2) is 0 Å². The van der Waals surface area contributed by atoms with E-state index in [9.17, 15) is 0 Å². The third-order valence-electron chi connectivity index (χ3n) is 4.70. The molecule has 4 rings (SSSR count). The zero-order valence-corrected chi connectivity index (χ0v) is 13.5. The van der Waals surface area contributed by atoms with Gasteiger partial charge in [-0.2, -0.15) is 0 Å². The summed E-state index contributed by atoms with van der Waals surface area (Å²) in [5, 5.41) is 1.48. The van der Waals surface area contributed by atoms with E-state index in [1.807, 2.05) is 11.3 Å². The van der Waals surface area contributed by atoms with E-state index >= 15 is 0 Å². The van der Waals surface area contributed by atoms with Crippen LogP contribution in [0.3, 0.4) is 0 Å². The van der Waals surface area contributed by atoms with Gasteiger partial charge in [0.05, 0.1) is 0 Å². The summed E-state index contributed by atoms with van der Waals surface area (Å²) >= 11 is 1.96. The van der Waals surface area contributed by atoms with Crippen molar-refractivity contribution in [2.24, 2.45) is 0 Å². The van der Waals surface area contributed by atoms with E-state index in [0.29, 0.717) is 0 Å². The molecule has 0 aliphatic heterocycles. The lowest BCUT2D eigenvalue weighted by Gasteiger charge is -2.19. The number of hydrogen-bond donors (Lipinski definition) is 0. The average molecular weight is 292 g/mol. The van der Waals surface area contributed by atoms with E-state index in [1.165, 1.54) is 51.8 Å². The van der Waals surface area contributed by atoms with Gasteiger partial charge in [-0.3, -0.25) is 0 Å². The van der Waals surface area contributed by atoms with Crippen LogP contribution in [0.1, 0.15) is 42.2 Å². The van der Waals surface area contributed by atoms with Crippen molar-refractivity contribution >= 4 is 27.5 Å². The topological polar surface area (TPSA) is 0 Å². The van der Waals surface area contributed by atoms with Gasteiger partial charge in [-0.05, 0) is 73.8 Å². The molecular weight excluding hydrogens is 272 g/mol. The number of allylic oxidation sites excluding steroid dienone is 5. The Balaban J connectivity index is 1.79. The molecule has 0 atom stereocenters. The van der Waals surface area contributed by atoms with Crippen LogP contribution in [0.25, 0.3) is 16.2 Å². The van der Waals surface area contributed by atoms with Crippen molar-refractivity contribution in [1.29, 1.82) is 0 Å². The maximum absolute atomic E-state index is 2.46. The van der Waals surface area contributed by atoms with Gasteiger partial charge >= 0.3 is 0 Å². The van der Waals surface area contributed by atoms with Gasteiger partial charge in [0.2, 0.25) is 0 Å². The third-order valence-corrected chi connectivity index (χ3v) is 5.86. The number of hydrogen-bond acceptors (Lipinski definition) is 1. The number of fused-ring (bicyclic) bond motifs is 3. The standard InChI is InChI=1S/C20H20S/c1-13-3-6-15(7-4-13)16-8-9-17-18-11-14(2)5-10-19(18)21-20(17)12-16/h3,5-6,10-12H,4,7-9H2,1-2H3. The second kappa shape index (κ2) is 4.99. The Labute approximate surface area is 130 Å². The molecule has 0 amide bonds. The highest BCUT2D eigenvalue weighted by molar-refractivity contribution is 7.20. The first-order valence-corrected chi connectivity index (χ1v) is 8.62. The molecule has 0 nitrogen and oxygen atoms in total. The Morgan fingerprint density at radius 1 is 0.905 bits per heavy atom. The summed E-state index contributed by atoms with van der Waals surface area (Å²) in [4.78, 5) is 1.49. The smallest absolute Gasteiger partial charge is 0.0352 e. The van der Waals surface area contributed by atoms with Gasteiger partial charge in [-0.1, -0.05) is 35.4 Å². The van der Waals surface area contributed by atoms with Crippen LogP contribution >= 0.6 is 11.3 Å². The van der Waals surface area contributed by atoms with Gasteiger partial charge in [-0.15, -0.1) is 11.3 Å². The molecule has 0 radical (unpaired) electrons. The van der Waals surface area contributed by atoms with Crippen LogP contribution in [0.5, 0.6) is 0 Å². The molecule has 0 fully saturated rings. The van der Waals surface area contributed by atoms with Crippen LogP contribution in [-0.4, -0.2) is 0 Å². The lowest BCUT2D eigenvalue weighted by Crippen LogP contribution is -2.01. The van der Waals surface area contributed by atoms with Crippen LogP contribution in [0, 0.1) is 6.92 Å². The van der Waals surface area contributed by atoms with E-state index in [-0.39, 0.29) is 0 Å². The number of thiophene rings is 1. The van der Waals surface area contributed by atoms with E-state index < -0.39 is 0 Å². The van der Waals surface area contributed by atoms with Crippen molar-refractivity contribution in [3.63, 3.8) is 0 Å². The molecule has 0 saturated heterocycles. The molecule has 21 heavy (non-hydrogen) atoms. The second-order valence-corrected chi connectivity index (χ2v) is 7.40. The summed E-state index contributed by atoms with van der Waals surface area (Å²) in [5.74, 6) is 0. The van der Waals surface area contributed by atoms with Crippen molar-refractivity contribution in [2.75, 3.05) is 0 Å². The summed E-state index contributed by atoms with van der Waals surface area (Å²) in [7, 11) is 0. The average Bonchev–Trinajstić information content (AvgIpc) is 2.85. The molecule has 1 aromatic carbocycles. The molecule has 1 aromatic heterocycles. The van der Waals surface area contributed by atoms with Gasteiger partial charge in [0.15, 0.2) is 0 Å². The van der Waals surface area contributed by atoms with E-state index in [0.717, 1.165) is 0 Å². The highest BCUT2D eigenvalue weighted by Crippen LogP contribution is 2.40. The van der Waals surface area contributed by atoms with E-state index in [1.54, 1.807) is 16.7 Å². The Morgan fingerprint density at radius 2 is 1.76 bits per heavy atom. The predicted octanol–water partition coefficient (Wildman–Crippen LogP) is 6.21.